The Hall–Kier alpha value is -0.760. The number of aliphatic hydroxyl groups is 1. The molecule has 3 atom stereocenters. The van der Waals surface area contributed by atoms with Crippen LogP contribution in [0.15, 0.2) is 12.2 Å². The molecule has 0 aromatic rings. The number of carbonyl (C=O) groups is 1. The van der Waals surface area contributed by atoms with Crippen molar-refractivity contribution in [2.24, 2.45) is 0 Å². The van der Waals surface area contributed by atoms with Crippen LogP contribution in [0.3, 0.4) is 0 Å². The van der Waals surface area contributed by atoms with E-state index in [1.54, 1.807) is 0 Å². The highest BCUT2D eigenvalue weighted by atomic mass is 31.2. The number of phosphoric acid groups is 1. The molecule has 0 fully saturated rings. The molecular weight excluding hydrogens is 599 g/mol. The van der Waals surface area contributed by atoms with Crippen molar-refractivity contribution < 1.29 is 32.9 Å². The van der Waals surface area contributed by atoms with Gasteiger partial charge in [-0.1, -0.05) is 135 Å². The number of likely N-dealkylation sites (N-methyl/N-ethyl adjacent to an activating group) is 1. The largest absolute Gasteiger partial charge is 0.472 e. The van der Waals surface area contributed by atoms with Crippen molar-refractivity contribution in [3.05, 3.63) is 12.2 Å². The molecule has 0 spiro atoms. The number of phosphoric ester groups is 1. The zero-order chi connectivity index (χ0) is 34.4. The van der Waals surface area contributed by atoms with Gasteiger partial charge in [-0.2, -0.15) is 0 Å². The standard InChI is InChI=1S/C37H75N2O6P/c1-6-8-10-12-14-16-18-19-21-23-25-27-29-31-37(41)38-35(34-45-46(42,43)44-33-32-39(3,4)5)36(40)30-28-26-24-22-20-17-15-13-11-9-7-2/h16,18,35-36,40H,6-15,17,19-34H2,1-5H3,(H-,38,41,42,43)/p+1/b18-16-. The van der Waals surface area contributed by atoms with Gasteiger partial charge in [0.05, 0.1) is 39.9 Å². The summed E-state index contributed by atoms with van der Waals surface area (Å²) in [5.41, 5.74) is 0. The van der Waals surface area contributed by atoms with Gasteiger partial charge in [0.15, 0.2) is 0 Å². The summed E-state index contributed by atoms with van der Waals surface area (Å²) in [6, 6.07) is -0.758. The molecule has 0 aliphatic heterocycles. The third-order valence-electron chi connectivity index (χ3n) is 8.51. The second kappa shape index (κ2) is 30.3. The van der Waals surface area contributed by atoms with Gasteiger partial charge in [0, 0.05) is 6.42 Å². The van der Waals surface area contributed by atoms with Gasteiger partial charge in [-0.15, -0.1) is 0 Å². The third-order valence-corrected chi connectivity index (χ3v) is 9.50. The topological polar surface area (TPSA) is 105 Å². The number of aliphatic hydroxyl groups excluding tert-OH is 1. The van der Waals surface area contributed by atoms with E-state index in [1.165, 1.54) is 89.9 Å². The summed E-state index contributed by atoms with van der Waals surface area (Å²) >= 11 is 0. The Kier molecular flexibility index (Phi) is 29.8. The molecule has 46 heavy (non-hydrogen) atoms. The predicted octanol–water partition coefficient (Wildman–Crippen LogP) is 9.63. The van der Waals surface area contributed by atoms with E-state index in [2.05, 4.69) is 31.3 Å². The SMILES string of the molecule is CCCCCC/C=C\CCCCCCCC(=O)NC(COP(=O)(O)OCC[N+](C)(C)C)C(O)CCCCCCCCCCCCC. The average Bonchev–Trinajstić information content (AvgIpc) is 2.99. The lowest BCUT2D eigenvalue weighted by Crippen LogP contribution is -2.46. The fourth-order valence-corrected chi connectivity index (χ4v) is 6.13. The molecule has 3 unspecified atom stereocenters. The number of rotatable bonds is 34. The van der Waals surface area contributed by atoms with Crippen molar-refractivity contribution in [2.75, 3.05) is 40.9 Å². The first kappa shape index (κ1) is 45.2. The van der Waals surface area contributed by atoms with Gasteiger partial charge in [-0.25, -0.2) is 4.57 Å². The first-order valence-corrected chi connectivity index (χ1v) is 20.5. The Morgan fingerprint density at radius 2 is 1.17 bits per heavy atom. The lowest BCUT2D eigenvalue weighted by atomic mass is 10.0. The maximum atomic E-state index is 12.8. The number of hydrogen-bond donors (Lipinski definition) is 3. The minimum atomic E-state index is -4.30. The van der Waals surface area contributed by atoms with E-state index < -0.39 is 20.0 Å². The number of nitrogens with one attached hydrogen (secondary N) is 1. The van der Waals surface area contributed by atoms with E-state index in [4.69, 9.17) is 9.05 Å². The second-order valence-electron chi connectivity index (χ2n) is 14.3. The summed E-state index contributed by atoms with van der Waals surface area (Å²) in [6.07, 6.45) is 30.8. The van der Waals surface area contributed by atoms with Crippen molar-refractivity contribution in [3.63, 3.8) is 0 Å². The lowest BCUT2D eigenvalue weighted by molar-refractivity contribution is -0.870. The molecule has 1 amide bonds. The molecule has 0 bridgehead atoms. The first-order valence-electron chi connectivity index (χ1n) is 19.1. The molecule has 8 nitrogen and oxygen atoms in total. The van der Waals surface area contributed by atoms with Crippen molar-refractivity contribution in [3.8, 4) is 0 Å². The number of unbranched alkanes of at least 4 members (excludes halogenated alkanes) is 19. The number of carbonyl (C=O) groups excluding carboxylic acids is 1. The Morgan fingerprint density at radius 3 is 1.70 bits per heavy atom. The number of amides is 1. The Balaban J connectivity index is 4.48. The molecule has 0 aromatic carbocycles. The molecule has 274 valence electrons. The molecular formula is C37H76N2O6P+. The highest BCUT2D eigenvalue weighted by Crippen LogP contribution is 2.43. The summed E-state index contributed by atoms with van der Waals surface area (Å²) in [5, 5.41) is 13.8. The molecule has 0 aliphatic rings. The van der Waals surface area contributed by atoms with Crippen LogP contribution in [-0.4, -0.2) is 73.4 Å². The molecule has 0 saturated carbocycles. The summed E-state index contributed by atoms with van der Waals surface area (Å²) in [6.45, 7) is 4.84. The molecule has 0 heterocycles. The van der Waals surface area contributed by atoms with Gasteiger partial charge in [0.2, 0.25) is 5.91 Å². The molecule has 9 heteroatoms. The van der Waals surface area contributed by atoms with Crippen molar-refractivity contribution >= 4 is 13.7 Å². The fourth-order valence-electron chi connectivity index (χ4n) is 5.39. The molecule has 0 rings (SSSR count). The van der Waals surface area contributed by atoms with E-state index in [9.17, 15) is 19.4 Å². The summed E-state index contributed by atoms with van der Waals surface area (Å²) in [7, 11) is 1.61. The molecule has 3 N–H and O–H groups in total. The summed E-state index contributed by atoms with van der Waals surface area (Å²) in [4.78, 5) is 23.0. The smallest absolute Gasteiger partial charge is 0.391 e. The average molecular weight is 676 g/mol. The first-order chi connectivity index (χ1) is 22.0. The van der Waals surface area contributed by atoms with Crippen LogP contribution < -0.4 is 5.32 Å². The highest BCUT2D eigenvalue weighted by molar-refractivity contribution is 7.47. The zero-order valence-electron chi connectivity index (χ0n) is 30.8. The molecule has 0 aliphatic carbocycles. The monoisotopic (exact) mass is 676 g/mol. The van der Waals surface area contributed by atoms with Crippen LogP contribution in [0.1, 0.15) is 168 Å². The van der Waals surface area contributed by atoms with Gasteiger partial charge in [-0.3, -0.25) is 13.8 Å². The Bertz CT molecular complexity index is 773. The lowest BCUT2D eigenvalue weighted by Gasteiger charge is -2.26. The van der Waals surface area contributed by atoms with Crippen LogP contribution in [-0.2, 0) is 18.4 Å². The maximum absolute atomic E-state index is 12.8. The van der Waals surface area contributed by atoms with Gasteiger partial charge in [-0.05, 0) is 38.5 Å². The van der Waals surface area contributed by atoms with Gasteiger partial charge >= 0.3 is 7.82 Å². The summed E-state index contributed by atoms with van der Waals surface area (Å²) in [5.74, 6) is -0.156. The Labute approximate surface area is 284 Å². The second-order valence-corrected chi connectivity index (χ2v) is 15.8. The Morgan fingerprint density at radius 1 is 0.717 bits per heavy atom. The van der Waals surface area contributed by atoms with E-state index in [-0.39, 0.29) is 19.1 Å². The predicted molar refractivity (Wildman–Crippen MR) is 194 cm³/mol. The van der Waals surface area contributed by atoms with Crippen LogP contribution in [0, 0.1) is 0 Å². The van der Waals surface area contributed by atoms with E-state index in [0.29, 0.717) is 23.9 Å². The van der Waals surface area contributed by atoms with E-state index in [1.807, 2.05) is 21.1 Å². The quantitative estimate of drug-likeness (QED) is 0.0272. The number of allylic oxidation sites excluding steroid dienone is 2. The third kappa shape index (κ3) is 31.8. The van der Waals surface area contributed by atoms with Gasteiger partial charge in [0.25, 0.3) is 0 Å². The van der Waals surface area contributed by atoms with Crippen LogP contribution >= 0.6 is 7.82 Å². The van der Waals surface area contributed by atoms with Crippen LogP contribution in [0.2, 0.25) is 0 Å². The minimum absolute atomic E-state index is 0.0743. The van der Waals surface area contributed by atoms with Crippen molar-refractivity contribution in [1.82, 2.24) is 5.32 Å². The van der Waals surface area contributed by atoms with Gasteiger partial charge in [0.1, 0.15) is 13.2 Å². The normalized spacial score (nSPS) is 14.8. The summed E-state index contributed by atoms with van der Waals surface area (Å²) < 4.78 is 23.5. The molecule has 0 aromatic heterocycles. The highest BCUT2D eigenvalue weighted by Gasteiger charge is 2.28. The van der Waals surface area contributed by atoms with Crippen LogP contribution in [0.4, 0.5) is 0 Å². The minimum Gasteiger partial charge on any atom is -0.391 e. The number of quaternary nitrogens is 1. The molecule has 0 saturated heterocycles. The van der Waals surface area contributed by atoms with E-state index in [0.717, 1.165) is 51.4 Å². The number of hydrogen-bond acceptors (Lipinski definition) is 5. The van der Waals surface area contributed by atoms with Crippen LogP contribution in [0.5, 0.6) is 0 Å². The number of nitrogens with zero attached hydrogens (tertiary/aromatic N) is 1. The molecule has 0 radical (unpaired) electrons. The van der Waals surface area contributed by atoms with Gasteiger partial charge < -0.3 is 19.8 Å². The van der Waals surface area contributed by atoms with E-state index >= 15 is 0 Å². The van der Waals surface area contributed by atoms with Crippen molar-refractivity contribution in [1.29, 1.82) is 0 Å². The zero-order valence-corrected chi connectivity index (χ0v) is 31.7. The van der Waals surface area contributed by atoms with Crippen molar-refractivity contribution in [2.45, 2.75) is 180 Å². The maximum Gasteiger partial charge on any atom is 0.472 e. The fraction of sp³-hybridized carbons (Fsp3) is 0.919. The van der Waals surface area contributed by atoms with Crippen LogP contribution in [0.25, 0.3) is 0 Å².